The molecule has 0 amide bonds. The second-order valence-electron chi connectivity index (χ2n) is 9.12. The fourth-order valence-corrected chi connectivity index (χ4v) is 6.42. The van der Waals surface area contributed by atoms with Crippen LogP contribution in [0.15, 0.2) is 87.5 Å². The van der Waals surface area contributed by atoms with Gasteiger partial charge >= 0.3 is 0 Å². The molecule has 0 saturated carbocycles. The zero-order chi connectivity index (χ0) is 28.7. The lowest BCUT2D eigenvalue weighted by Crippen LogP contribution is -2.26. The van der Waals surface area contributed by atoms with Gasteiger partial charge in [-0.2, -0.15) is 25.3 Å². The van der Waals surface area contributed by atoms with Gasteiger partial charge in [0.1, 0.15) is 6.10 Å². The molecule has 0 aliphatic carbocycles. The minimum absolute atomic E-state index is 0.0354. The van der Waals surface area contributed by atoms with Crippen LogP contribution in [-0.4, -0.2) is 44.6 Å². The van der Waals surface area contributed by atoms with E-state index in [1.807, 2.05) is 20.8 Å². The Bertz CT molecular complexity index is 1540. The third kappa shape index (κ3) is 9.23. The topological polar surface area (TPSA) is 130 Å². The van der Waals surface area contributed by atoms with Crippen LogP contribution in [0.2, 0.25) is 0 Å². The van der Waals surface area contributed by atoms with E-state index in [0.717, 1.165) is 16.7 Å². The van der Waals surface area contributed by atoms with E-state index in [0.29, 0.717) is 0 Å². The largest absolute Gasteiger partial charge is 0.297 e. The summed E-state index contributed by atoms with van der Waals surface area (Å²) in [7, 11) is -12.3. The quantitative estimate of drug-likeness (QED) is 0.193. The van der Waals surface area contributed by atoms with Gasteiger partial charge < -0.3 is 0 Å². The summed E-state index contributed by atoms with van der Waals surface area (Å²) >= 11 is 0. The Morgan fingerprint density at radius 2 is 0.923 bits per heavy atom. The van der Waals surface area contributed by atoms with Gasteiger partial charge in [0, 0.05) is 0 Å². The second kappa shape index (κ2) is 13.2. The van der Waals surface area contributed by atoms with Gasteiger partial charge in [-0.05, 0) is 76.4 Å². The Morgan fingerprint density at radius 1 is 0.538 bits per heavy atom. The van der Waals surface area contributed by atoms with Crippen LogP contribution in [0.25, 0.3) is 0 Å². The summed E-state index contributed by atoms with van der Waals surface area (Å²) in [4.78, 5) is -0.108. The van der Waals surface area contributed by atoms with Gasteiger partial charge in [0.05, 0.1) is 27.9 Å². The van der Waals surface area contributed by atoms with Gasteiger partial charge in [-0.1, -0.05) is 53.1 Å². The standard InChI is InChI=1S/C27H32O9S3/c1-21-7-13-25(14-8-21)37(28,29)34-19-5-4-6-24(36-39(32,33)27-17-11-23(3)12-18-27)20-35-38(30,31)26-15-9-22(2)10-16-26/h7-18,24H,4-6,19-20H2,1-3H3. The molecule has 9 nitrogen and oxygen atoms in total. The molecule has 0 saturated heterocycles. The highest BCUT2D eigenvalue weighted by atomic mass is 32.2. The van der Waals surface area contributed by atoms with E-state index in [1.165, 1.54) is 36.4 Å². The van der Waals surface area contributed by atoms with Crippen molar-refractivity contribution < 1.29 is 37.8 Å². The zero-order valence-corrected chi connectivity index (χ0v) is 24.4. The van der Waals surface area contributed by atoms with Gasteiger partial charge in [-0.25, -0.2) is 0 Å². The normalized spacial score (nSPS) is 13.3. The third-order valence-corrected chi connectivity index (χ3v) is 9.76. The predicted octanol–water partition coefficient (Wildman–Crippen LogP) is 4.67. The fourth-order valence-electron chi connectivity index (χ4n) is 3.45. The molecular weight excluding hydrogens is 564 g/mol. The van der Waals surface area contributed by atoms with E-state index in [1.54, 1.807) is 36.4 Å². The summed E-state index contributed by atoms with van der Waals surface area (Å²) in [6.45, 7) is 4.77. The van der Waals surface area contributed by atoms with Crippen molar-refractivity contribution in [2.24, 2.45) is 0 Å². The molecule has 3 aromatic carbocycles. The summed E-state index contributed by atoms with van der Waals surface area (Å²) in [5, 5.41) is 0. The number of hydrogen-bond acceptors (Lipinski definition) is 9. The van der Waals surface area contributed by atoms with Crippen LogP contribution < -0.4 is 0 Å². The highest BCUT2D eigenvalue weighted by Gasteiger charge is 2.25. The minimum atomic E-state index is -4.22. The van der Waals surface area contributed by atoms with Gasteiger partial charge in [0.25, 0.3) is 30.4 Å². The molecule has 12 heteroatoms. The van der Waals surface area contributed by atoms with Crippen molar-refractivity contribution in [2.75, 3.05) is 13.2 Å². The molecule has 1 atom stereocenters. The van der Waals surface area contributed by atoms with E-state index < -0.39 is 43.1 Å². The van der Waals surface area contributed by atoms with Crippen molar-refractivity contribution in [3.8, 4) is 0 Å². The van der Waals surface area contributed by atoms with E-state index >= 15 is 0 Å². The summed E-state index contributed by atoms with van der Waals surface area (Å²) in [5.41, 5.74) is 2.64. The Morgan fingerprint density at radius 3 is 1.36 bits per heavy atom. The van der Waals surface area contributed by atoms with Gasteiger partial charge in [-0.3, -0.25) is 12.5 Å². The number of unbranched alkanes of at least 4 members (excludes halogenated alkanes) is 1. The molecule has 3 aromatic rings. The first kappa shape index (κ1) is 30.9. The van der Waals surface area contributed by atoms with Crippen LogP contribution in [0.1, 0.15) is 36.0 Å². The maximum atomic E-state index is 12.9. The van der Waals surface area contributed by atoms with Crippen molar-refractivity contribution in [3.05, 3.63) is 89.5 Å². The average molecular weight is 597 g/mol. The van der Waals surface area contributed by atoms with Crippen molar-refractivity contribution >= 4 is 30.4 Å². The number of hydrogen-bond donors (Lipinski definition) is 0. The van der Waals surface area contributed by atoms with Gasteiger partial charge in [-0.15, -0.1) is 0 Å². The molecule has 3 rings (SSSR count). The summed E-state index contributed by atoms with van der Waals surface area (Å²) < 4.78 is 91.3. The lowest BCUT2D eigenvalue weighted by molar-refractivity contribution is 0.126. The molecular formula is C27H32O9S3. The van der Waals surface area contributed by atoms with E-state index in [4.69, 9.17) is 12.5 Å². The molecule has 0 radical (unpaired) electrons. The molecule has 0 bridgehead atoms. The molecule has 0 heterocycles. The van der Waals surface area contributed by atoms with Crippen LogP contribution in [0.3, 0.4) is 0 Å². The van der Waals surface area contributed by atoms with Crippen LogP contribution in [0, 0.1) is 20.8 Å². The minimum Gasteiger partial charge on any atom is -0.266 e. The molecule has 0 fully saturated rings. The highest BCUT2D eigenvalue weighted by Crippen LogP contribution is 2.21. The van der Waals surface area contributed by atoms with Crippen LogP contribution in [-0.2, 0) is 42.9 Å². The smallest absolute Gasteiger partial charge is 0.266 e. The molecule has 0 aliphatic heterocycles. The number of aryl methyl sites for hydroxylation is 3. The number of benzene rings is 3. The lowest BCUT2D eigenvalue weighted by Gasteiger charge is -2.18. The highest BCUT2D eigenvalue weighted by molar-refractivity contribution is 7.87. The van der Waals surface area contributed by atoms with E-state index in [2.05, 4.69) is 0 Å². The van der Waals surface area contributed by atoms with Gasteiger partial charge in [0.15, 0.2) is 0 Å². The maximum absolute atomic E-state index is 12.9. The SMILES string of the molecule is Cc1ccc(S(=O)(=O)OCCCCC(COS(=O)(=O)c2ccc(C)cc2)OS(=O)(=O)c2ccc(C)cc2)cc1. The fraction of sp³-hybridized carbons (Fsp3) is 0.333. The first-order valence-electron chi connectivity index (χ1n) is 12.2. The Labute approximate surface area is 231 Å². The monoisotopic (exact) mass is 596 g/mol. The average Bonchev–Trinajstić information content (AvgIpc) is 2.87. The number of rotatable bonds is 14. The Kier molecular flexibility index (Phi) is 10.4. The summed E-state index contributed by atoms with van der Waals surface area (Å²) in [6.07, 6.45) is -0.543. The Balaban J connectivity index is 1.64. The lowest BCUT2D eigenvalue weighted by atomic mass is 10.2. The maximum Gasteiger partial charge on any atom is 0.297 e. The second-order valence-corrected chi connectivity index (χ2v) is 13.9. The Hall–Kier alpha value is -2.61. The van der Waals surface area contributed by atoms with E-state index in [-0.39, 0.29) is 40.6 Å². The molecule has 1 unspecified atom stereocenters. The molecule has 0 spiro atoms. The van der Waals surface area contributed by atoms with Crippen molar-refractivity contribution in [3.63, 3.8) is 0 Å². The van der Waals surface area contributed by atoms with Crippen molar-refractivity contribution in [2.45, 2.75) is 60.8 Å². The summed E-state index contributed by atoms with van der Waals surface area (Å²) in [6, 6.07) is 18.3. The predicted molar refractivity (Wildman–Crippen MR) is 146 cm³/mol. The van der Waals surface area contributed by atoms with Gasteiger partial charge in [0.2, 0.25) is 0 Å². The summed E-state index contributed by atoms with van der Waals surface area (Å²) in [5.74, 6) is 0. The first-order valence-corrected chi connectivity index (χ1v) is 16.4. The molecule has 212 valence electrons. The van der Waals surface area contributed by atoms with Crippen molar-refractivity contribution in [1.82, 2.24) is 0 Å². The first-order chi connectivity index (χ1) is 18.3. The van der Waals surface area contributed by atoms with Crippen LogP contribution >= 0.6 is 0 Å². The van der Waals surface area contributed by atoms with Crippen LogP contribution in [0.4, 0.5) is 0 Å². The van der Waals surface area contributed by atoms with Crippen LogP contribution in [0.5, 0.6) is 0 Å². The third-order valence-electron chi connectivity index (χ3n) is 5.76. The zero-order valence-electron chi connectivity index (χ0n) is 21.9. The van der Waals surface area contributed by atoms with E-state index in [9.17, 15) is 25.3 Å². The molecule has 39 heavy (non-hydrogen) atoms. The van der Waals surface area contributed by atoms with Crippen molar-refractivity contribution in [1.29, 1.82) is 0 Å². The molecule has 0 aromatic heterocycles. The molecule has 0 N–H and O–H groups in total. The molecule has 0 aliphatic rings.